The molecule has 90 valence electrons. The van der Waals surface area contributed by atoms with E-state index in [0.717, 1.165) is 23.0 Å². The monoisotopic (exact) mass is 230 g/mol. The molecule has 1 atom stereocenters. The van der Waals surface area contributed by atoms with Crippen molar-refractivity contribution in [1.82, 2.24) is 10.2 Å². The molecule has 0 saturated heterocycles. The van der Waals surface area contributed by atoms with Gasteiger partial charge in [0.1, 0.15) is 0 Å². The van der Waals surface area contributed by atoms with Gasteiger partial charge in [0.25, 0.3) is 0 Å². The summed E-state index contributed by atoms with van der Waals surface area (Å²) in [6.07, 6.45) is 2.71. The molecule has 0 fully saturated rings. The highest BCUT2D eigenvalue weighted by Gasteiger charge is 2.21. The molecule has 2 rings (SSSR count). The molecule has 0 bridgehead atoms. The molecular weight excluding hydrogens is 212 g/mol. The van der Waals surface area contributed by atoms with E-state index in [0.29, 0.717) is 6.54 Å². The van der Waals surface area contributed by atoms with E-state index in [1.165, 1.54) is 0 Å². The first-order chi connectivity index (χ1) is 8.18. The average molecular weight is 230 g/mol. The molecule has 17 heavy (non-hydrogen) atoms. The van der Waals surface area contributed by atoms with E-state index in [2.05, 4.69) is 29.4 Å². The van der Waals surface area contributed by atoms with Crippen molar-refractivity contribution in [2.24, 2.45) is 5.73 Å². The lowest BCUT2D eigenvalue weighted by atomic mass is 9.99. The third-order valence-corrected chi connectivity index (χ3v) is 3.22. The summed E-state index contributed by atoms with van der Waals surface area (Å²) >= 11 is 0. The van der Waals surface area contributed by atoms with E-state index in [1.807, 2.05) is 24.3 Å². The molecule has 1 aromatic heterocycles. The van der Waals surface area contributed by atoms with Crippen LogP contribution in [0.4, 0.5) is 5.82 Å². The van der Waals surface area contributed by atoms with E-state index >= 15 is 0 Å². The minimum atomic E-state index is -0.140. The highest BCUT2D eigenvalue weighted by molar-refractivity contribution is 5.91. The maximum atomic E-state index is 5.80. The van der Waals surface area contributed by atoms with Crippen LogP contribution in [0.15, 0.2) is 30.5 Å². The van der Waals surface area contributed by atoms with Gasteiger partial charge in [0.2, 0.25) is 0 Å². The van der Waals surface area contributed by atoms with E-state index in [1.54, 1.807) is 6.20 Å². The number of rotatable bonds is 4. The third kappa shape index (κ3) is 2.36. The fourth-order valence-corrected chi connectivity index (χ4v) is 1.69. The predicted octanol–water partition coefficient (Wildman–Crippen LogP) is 2.17. The van der Waals surface area contributed by atoms with Crippen LogP contribution in [0.1, 0.15) is 20.3 Å². The van der Waals surface area contributed by atoms with Crippen LogP contribution in [0.2, 0.25) is 0 Å². The zero-order valence-electron chi connectivity index (χ0n) is 10.3. The van der Waals surface area contributed by atoms with E-state index in [4.69, 9.17) is 5.73 Å². The Morgan fingerprint density at radius 1 is 1.35 bits per heavy atom. The van der Waals surface area contributed by atoms with Crippen molar-refractivity contribution in [3.8, 4) is 0 Å². The smallest absolute Gasteiger partial charge is 0.157 e. The molecule has 4 heteroatoms. The Kier molecular flexibility index (Phi) is 3.24. The molecular formula is C13H18N4. The number of hydrogen-bond donors (Lipinski definition) is 2. The molecule has 0 amide bonds. The number of nitrogens with zero attached hydrogens (tertiary/aromatic N) is 2. The van der Waals surface area contributed by atoms with Gasteiger partial charge in [-0.2, -0.15) is 5.10 Å². The molecule has 0 radical (unpaired) electrons. The topological polar surface area (TPSA) is 63.8 Å². The molecule has 0 aliphatic carbocycles. The minimum Gasteiger partial charge on any atom is -0.362 e. The van der Waals surface area contributed by atoms with Gasteiger partial charge in [0.05, 0.1) is 6.20 Å². The van der Waals surface area contributed by atoms with Gasteiger partial charge in [-0.3, -0.25) is 0 Å². The quantitative estimate of drug-likeness (QED) is 0.845. The van der Waals surface area contributed by atoms with Gasteiger partial charge >= 0.3 is 0 Å². The van der Waals surface area contributed by atoms with Gasteiger partial charge in [0, 0.05) is 22.9 Å². The summed E-state index contributed by atoms with van der Waals surface area (Å²) < 4.78 is 0. The first-order valence-electron chi connectivity index (χ1n) is 5.87. The lowest BCUT2D eigenvalue weighted by Gasteiger charge is -2.28. The minimum absolute atomic E-state index is 0.140. The number of nitrogens with two attached hydrogens (primary N) is 1. The summed E-state index contributed by atoms with van der Waals surface area (Å²) in [5, 5.41) is 13.7. The summed E-state index contributed by atoms with van der Waals surface area (Å²) in [4.78, 5) is 0. The Labute approximate surface area is 101 Å². The van der Waals surface area contributed by atoms with Crippen molar-refractivity contribution in [3.63, 3.8) is 0 Å². The summed E-state index contributed by atoms with van der Waals surface area (Å²) in [6.45, 7) is 4.77. The number of hydrogen-bond acceptors (Lipinski definition) is 4. The van der Waals surface area contributed by atoms with E-state index in [-0.39, 0.29) is 5.54 Å². The molecule has 1 heterocycles. The van der Waals surface area contributed by atoms with Crippen molar-refractivity contribution < 1.29 is 0 Å². The summed E-state index contributed by atoms with van der Waals surface area (Å²) in [6, 6.07) is 8.07. The second-order valence-corrected chi connectivity index (χ2v) is 4.52. The zero-order valence-corrected chi connectivity index (χ0v) is 10.3. The fourth-order valence-electron chi connectivity index (χ4n) is 1.69. The average Bonchev–Trinajstić information content (AvgIpc) is 2.39. The highest BCUT2D eigenvalue weighted by atomic mass is 15.2. The van der Waals surface area contributed by atoms with Crippen LogP contribution in [0.3, 0.4) is 0 Å². The second-order valence-electron chi connectivity index (χ2n) is 4.52. The normalized spacial score (nSPS) is 14.5. The fraction of sp³-hybridized carbons (Fsp3) is 0.385. The summed E-state index contributed by atoms with van der Waals surface area (Å²) in [5.74, 6) is 0.804. The molecule has 0 spiro atoms. The van der Waals surface area contributed by atoms with Gasteiger partial charge < -0.3 is 11.1 Å². The van der Waals surface area contributed by atoms with Crippen LogP contribution in [-0.2, 0) is 0 Å². The molecule has 0 aliphatic heterocycles. The van der Waals surface area contributed by atoms with Gasteiger partial charge in [0.15, 0.2) is 5.82 Å². The molecule has 1 aromatic carbocycles. The number of benzene rings is 1. The molecule has 2 aromatic rings. The molecule has 3 N–H and O–H groups in total. The van der Waals surface area contributed by atoms with Gasteiger partial charge in [-0.15, -0.1) is 5.10 Å². The summed E-state index contributed by atoms with van der Waals surface area (Å²) in [7, 11) is 0. The Morgan fingerprint density at radius 3 is 2.82 bits per heavy atom. The van der Waals surface area contributed by atoms with Crippen LogP contribution >= 0.6 is 0 Å². The van der Waals surface area contributed by atoms with Crippen LogP contribution < -0.4 is 11.1 Å². The molecule has 1 unspecified atom stereocenters. The van der Waals surface area contributed by atoms with Crippen molar-refractivity contribution in [2.45, 2.75) is 25.8 Å². The zero-order chi connectivity index (χ0) is 12.3. The number of nitrogens with one attached hydrogen (secondary N) is 1. The van der Waals surface area contributed by atoms with Crippen molar-refractivity contribution in [3.05, 3.63) is 30.5 Å². The SMILES string of the molecule is CCC(C)(CN)Nc1nncc2ccccc12. The third-order valence-electron chi connectivity index (χ3n) is 3.22. The predicted molar refractivity (Wildman–Crippen MR) is 70.9 cm³/mol. The second kappa shape index (κ2) is 4.67. The standard InChI is InChI=1S/C13H18N4/c1-3-13(2,9-14)16-12-11-7-5-4-6-10(11)8-15-17-12/h4-8H,3,9,14H2,1-2H3,(H,16,17). The van der Waals surface area contributed by atoms with Crippen LogP contribution in [0, 0.1) is 0 Å². The number of fused-ring (bicyclic) bond motifs is 1. The molecule has 4 nitrogen and oxygen atoms in total. The maximum Gasteiger partial charge on any atom is 0.157 e. The Bertz CT molecular complexity index is 500. The number of aromatic nitrogens is 2. The maximum absolute atomic E-state index is 5.80. The lowest BCUT2D eigenvalue weighted by molar-refractivity contribution is 0.504. The highest BCUT2D eigenvalue weighted by Crippen LogP contribution is 2.23. The number of anilines is 1. The molecule has 0 saturated carbocycles. The Hall–Kier alpha value is -1.68. The van der Waals surface area contributed by atoms with Crippen molar-refractivity contribution in [2.75, 3.05) is 11.9 Å². The first kappa shape index (κ1) is 11.8. The van der Waals surface area contributed by atoms with Gasteiger partial charge in [-0.25, -0.2) is 0 Å². The molecule has 0 aliphatic rings. The van der Waals surface area contributed by atoms with Gasteiger partial charge in [-0.1, -0.05) is 31.2 Å². The van der Waals surface area contributed by atoms with Crippen molar-refractivity contribution >= 4 is 16.6 Å². The van der Waals surface area contributed by atoms with Crippen LogP contribution in [0.5, 0.6) is 0 Å². The van der Waals surface area contributed by atoms with E-state index < -0.39 is 0 Å². The Balaban J connectivity index is 2.42. The van der Waals surface area contributed by atoms with Crippen molar-refractivity contribution in [1.29, 1.82) is 0 Å². The first-order valence-corrected chi connectivity index (χ1v) is 5.87. The van der Waals surface area contributed by atoms with E-state index in [9.17, 15) is 0 Å². The Morgan fingerprint density at radius 2 is 2.12 bits per heavy atom. The van der Waals surface area contributed by atoms with Crippen LogP contribution in [-0.4, -0.2) is 22.3 Å². The summed E-state index contributed by atoms with van der Waals surface area (Å²) in [5.41, 5.74) is 5.66. The largest absolute Gasteiger partial charge is 0.362 e. The van der Waals surface area contributed by atoms with Crippen LogP contribution in [0.25, 0.3) is 10.8 Å². The van der Waals surface area contributed by atoms with Gasteiger partial charge in [-0.05, 0) is 13.3 Å². The lowest BCUT2D eigenvalue weighted by Crippen LogP contribution is -2.42.